The quantitative estimate of drug-likeness (QED) is 0.822. The Hall–Kier alpha value is -2.15. The fraction of sp³-hybridized carbons (Fsp3) is 0.588. The van der Waals surface area contributed by atoms with Crippen molar-refractivity contribution in [3.8, 4) is 0 Å². The lowest BCUT2D eigenvalue weighted by atomic mass is 9.99. The normalized spacial score (nSPS) is 22.4. The number of carbonyl (C=O) groups is 1. The van der Waals surface area contributed by atoms with Crippen LogP contribution >= 0.6 is 0 Å². The number of likely N-dealkylation sites (tertiary alicyclic amines) is 1. The Morgan fingerprint density at radius 3 is 2.88 bits per heavy atom. The highest BCUT2D eigenvalue weighted by Crippen LogP contribution is 2.27. The van der Waals surface area contributed by atoms with E-state index in [0.29, 0.717) is 32.0 Å². The van der Waals surface area contributed by atoms with Gasteiger partial charge in [0.1, 0.15) is 0 Å². The molecule has 0 aromatic carbocycles. The van der Waals surface area contributed by atoms with Gasteiger partial charge in [-0.05, 0) is 31.4 Å². The smallest absolute Gasteiger partial charge is 0.330 e. The Labute approximate surface area is 139 Å². The summed E-state index contributed by atoms with van der Waals surface area (Å²) in [7, 11) is 1.77. The molecule has 24 heavy (non-hydrogen) atoms. The van der Waals surface area contributed by atoms with E-state index in [2.05, 4.69) is 4.98 Å². The first-order chi connectivity index (χ1) is 11.7. The van der Waals surface area contributed by atoms with Gasteiger partial charge in [0.25, 0.3) is 0 Å². The molecule has 0 aliphatic carbocycles. The van der Waals surface area contributed by atoms with Gasteiger partial charge in [0.05, 0.1) is 11.6 Å². The van der Waals surface area contributed by atoms with Gasteiger partial charge in [-0.1, -0.05) is 0 Å². The zero-order valence-corrected chi connectivity index (χ0v) is 13.9. The van der Waals surface area contributed by atoms with Crippen LogP contribution in [-0.2, 0) is 16.6 Å². The van der Waals surface area contributed by atoms with Gasteiger partial charge in [-0.2, -0.15) is 0 Å². The molecule has 2 aliphatic rings. The van der Waals surface area contributed by atoms with Gasteiger partial charge >= 0.3 is 5.69 Å². The van der Waals surface area contributed by atoms with Crippen molar-refractivity contribution >= 4 is 17.1 Å². The standard InChI is InChI=1S/C17H22N4O3/c1-19-14-3-2-7-18-15(14)21(17(19)23)13-4-8-20(11-13)16(22)12-5-9-24-10-6-12/h2-3,7,12-13H,4-6,8-11H2,1H3/t13-/m1/s1. The van der Waals surface area contributed by atoms with E-state index in [1.165, 1.54) is 0 Å². The largest absolute Gasteiger partial charge is 0.381 e. The molecular formula is C17H22N4O3. The summed E-state index contributed by atoms with van der Waals surface area (Å²) >= 11 is 0. The number of nitrogens with zero attached hydrogens (tertiary/aromatic N) is 4. The van der Waals surface area contributed by atoms with Crippen molar-refractivity contribution in [1.82, 2.24) is 19.0 Å². The van der Waals surface area contributed by atoms with Crippen LogP contribution in [-0.4, -0.2) is 51.2 Å². The molecule has 7 nitrogen and oxygen atoms in total. The third kappa shape index (κ3) is 2.43. The molecule has 0 spiro atoms. The highest BCUT2D eigenvalue weighted by Gasteiger charge is 2.34. The van der Waals surface area contributed by atoms with Crippen LogP contribution in [0.4, 0.5) is 0 Å². The maximum Gasteiger partial charge on any atom is 0.330 e. The van der Waals surface area contributed by atoms with Crippen molar-refractivity contribution < 1.29 is 9.53 Å². The second-order valence-electron chi connectivity index (χ2n) is 6.67. The molecule has 2 aliphatic heterocycles. The predicted octanol–water partition coefficient (Wildman–Crippen LogP) is 0.935. The molecule has 4 heterocycles. The number of imidazole rings is 1. The van der Waals surface area contributed by atoms with E-state index in [9.17, 15) is 9.59 Å². The molecule has 0 saturated carbocycles. The topological polar surface area (TPSA) is 69.4 Å². The molecule has 0 N–H and O–H groups in total. The van der Waals surface area contributed by atoms with Crippen LogP contribution in [0, 0.1) is 5.92 Å². The van der Waals surface area contributed by atoms with Crippen molar-refractivity contribution in [3.05, 3.63) is 28.8 Å². The summed E-state index contributed by atoms with van der Waals surface area (Å²) in [5, 5.41) is 0. The molecule has 2 aromatic rings. The van der Waals surface area contributed by atoms with Crippen molar-refractivity contribution in [2.75, 3.05) is 26.3 Å². The molecule has 7 heteroatoms. The van der Waals surface area contributed by atoms with Crippen LogP contribution in [0.25, 0.3) is 11.2 Å². The first-order valence-electron chi connectivity index (χ1n) is 8.55. The molecule has 4 rings (SSSR count). The van der Waals surface area contributed by atoms with E-state index in [-0.39, 0.29) is 23.6 Å². The zero-order chi connectivity index (χ0) is 16.7. The molecule has 2 saturated heterocycles. The second kappa shape index (κ2) is 6.05. The van der Waals surface area contributed by atoms with Crippen molar-refractivity contribution in [2.24, 2.45) is 13.0 Å². The minimum absolute atomic E-state index is 0.000101. The van der Waals surface area contributed by atoms with E-state index in [1.54, 1.807) is 22.4 Å². The fourth-order valence-electron chi connectivity index (χ4n) is 3.88. The Balaban J connectivity index is 1.58. The van der Waals surface area contributed by atoms with E-state index >= 15 is 0 Å². The highest BCUT2D eigenvalue weighted by atomic mass is 16.5. The van der Waals surface area contributed by atoms with Gasteiger partial charge < -0.3 is 9.64 Å². The van der Waals surface area contributed by atoms with Crippen LogP contribution in [0.15, 0.2) is 23.1 Å². The summed E-state index contributed by atoms with van der Waals surface area (Å²) in [4.78, 5) is 31.6. The van der Waals surface area contributed by atoms with E-state index in [1.807, 2.05) is 17.0 Å². The molecule has 0 bridgehead atoms. The third-order valence-electron chi connectivity index (χ3n) is 5.26. The summed E-state index contributed by atoms with van der Waals surface area (Å²) in [5.74, 6) is 0.280. The van der Waals surface area contributed by atoms with Gasteiger partial charge in [0.15, 0.2) is 5.65 Å². The maximum atomic E-state index is 12.7. The summed E-state index contributed by atoms with van der Waals surface area (Å²) in [6.45, 7) is 2.63. The molecule has 1 atom stereocenters. The zero-order valence-electron chi connectivity index (χ0n) is 13.9. The average Bonchev–Trinajstić information content (AvgIpc) is 3.19. The van der Waals surface area contributed by atoms with Crippen LogP contribution in [0.2, 0.25) is 0 Å². The van der Waals surface area contributed by atoms with Gasteiger partial charge in [0.2, 0.25) is 5.91 Å². The van der Waals surface area contributed by atoms with Crippen molar-refractivity contribution in [1.29, 1.82) is 0 Å². The molecule has 2 fully saturated rings. The summed E-state index contributed by atoms with van der Waals surface area (Å²) in [6.07, 6.45) is 4.11. The predicted molar refractivity (Wildman–Crippen MR) is 88.8 cm³/mol. The Morgan fingerprint density at radius 2 is 2.08 bits per heavy atom. The highest BCUT2D eigenvalue weighted by molar-refractivity contribution is 5.79. The lowest BCUT2D eigenvalue weighted by Crippen LogP contribution is -2.37. The van der Waals surface area contributed by atoms with Crippen LogP contribution in [0.5, 0.6) is 0 Å². The molecule has 128 valence electrons. The Bertz CT molecular complexity index is 819. The van der Waals surface area contributed by atoms with Crippen LogP contribution in [0.3, 0.4) is 0 Å². The molecule has 2 aromatic heterocycles. The monoisotopic (exact) mass is 330 g/mol. The number of carbonyl (C=O) groups excluding carboxylic acids is 1. The second-order valence-corrected chi connectivity index (χ2v) is 6.67. The van der Waals surface area contributed by atoms with E-state index in [0.717, 1.165) is 24.8 Å². The maximum absolute atomic E-state index is 12.7. The molecule has 0 radical (unpaired) electrons. The van der Waals surface area contributed by atoms with Gasteiger partial charge in [0, 0.05) is 45.5 Å². The lowest BCUT2D eigenvalue weighted by Gasteiger charge is -2.26. The third-order valence-corrected chi connectivity index (χ3v) is 5.26. The Morgan fingerprint density at radius 1 is 1.29 bits per heavy atom. The van der Waals surface area contributed by atoms with Crippen molar-refractivity contribution in [3.63, 3.8) is 0 Å². The Kier molecular flexibility index (Phi) is 3.88. The first-order valence-corrected chi connectivity index (χ1v) is 8.55. The van der Waals surface area contributed by atoms with E-state index in [4.69, 9.17) is 4.74 Å². The molecular weight excluding hydrogens is 308 g/mol. The lowest BCUT2D eigenvalue weighted by molar-refractivity contribution is -0.137. The minimum Gasteiger partial charge on any atom is -0.381 e. The molecule has 0 unspecified atom stereocenters. The average molecular weight is 330 g/mol. The summed E-state index contributed by atoms with van der Waals surface area (Å²) in [5.41, 5.74) is 1.47. The number of hydrogen-bond donors (Lipinski definition) is 0. The van der Waals surface area contributed by atoms with Crippen LogP contribution in [0.1, 0.15) is 25.3 Å². The molecule has 1 amide bonds. The number of hydrogen-bond acceptors (Lipinski definition) is 4. The number of ether oxygens (including phenoxy) is 1. The van der Waals surface area contributed by atoms with Crippen LogP contribution < -0.4 is 5.69 Å². The number of rotatable bonds is 2. The fourth-order valence-corrected chi connectivity index (χ4v) is 3.88. The number of aryl methyl sites for hydroxylation is 1. The van der Waals surface area contributed by atoms with Gasteiger partial charge in [-0.25, -0.2) is 9.78 Å². The summed E-state index contributed by atoms with van der Waals surface area (Å²) < 4.78 is 8.73. The number of aromatic nitrogens is 3. The summed E-state index contributed by atoms with van der Waals surface area (Å²) in [6, 6.07) is 3.74. The minimum atomic E-state index is -0.0611. The number of pyridine rings is 1. The van der Waals surface area contributed by atoms with E-state index < -0.39 is 0 Å². The van der Waals surface area contributed by atoms with Crippen molar-refractivity contribution in [2.45, 2.75) is 25.3 Å². The number of fused-ring (bicyclic) bond motifs is 1. The van der Waals surface area contributed by atoms with Gasteiger partial charge in [-0.15, -0.1) is 0 Å². The number of amides is 1. The SMILES string of the molecule is Cn1c(=O)n([C@@H]2CCN(C(=O)C3CCOCC3)C2)c2ncccc21. The van der Waals surface area contributed by atoms with Gasteiger partial charge in [-0.3, -0.25) is 13.9 Å². The first kappa shape index (κ1) is 15.4.